The second kappa shape index (κ2) is 4.30. The van der Waals surface area contributed by atoms with Gasteiger partial charge in [0.25, 0.3) is 0 Å². The summed E-state index contributed by atoms with van der Waals surface area (Å²) < 4.78 is 0. The normalized spacial score (nSPS) is 35.8. The smallest absolute Gasteiger partial charge is 0.0323 e. The minimum absolute atomic E-state index is 0.719. The van der Waals surface area contributed by atoms with Crippen LogP contribution in [-0.2, 0) is 0 Å². The Kier molecular flexibility index (Phi) is 3.61. The van der Waals surface area contributed by atoms with Crippen LogP contribution in [-0.4, -0.2) is 0 Å². The molecule has 0 aliphatic heterocycles. The van der Waals surface area contributed by atoms with Gasteiger partial charge in [-0.25, -0.2) is 0 Å². The average Bonchev–Trinajstić information content (AvgIpc) is 2.45. The molecule has 0 amide bonds. The zero-order chi connectivity index (χ0) is 9.03. The standard InChI is InChI=1S/C12H24/c1-4-6-8-12(3)9-7-11(5-2)10-12/h11H,4-10H2,1-3H3. The molecule has 0 heterocycles. The van der Waals surface area contributed by atoms with Gasteiger partial charge in [-0.1, -0.05) is 40.0 Å². The van der Waals surface area contributed by atoms with Crippen molar-refractivity contribution in [2.45, 2.75) is 65.7 Å². The van der Waals surface area contributed by atoms with Gasteiger partial charge in [0.15, 0.2) is 0 Å². The first kappa shape index (κ1) is 10.1. The zero-order valence-corrected chi connectivity index (χ0v) is 9.03. The third-order valence-corrected chi connectivity index (χ3v) is 3.65. The van der Waals surface area contributed by atoms with E-state index in [4.69, 9.17) is 0 Å². The van der Waals surface area contributed by atoms with Gasteiger partial charge in [0.05, 0.1) is 0 Å². The van der Waals surface area contributed by atoms with Crippen molar-refractivity contribution in [1.82, 2.24) is 0 Å². The lowest BCUT2D eigenvalue weighted by molar-refractivity contribution is 0.283. The fraction of sp³-hybridized carbons (Fsp3) is 1.00. The highest BCUT2D eigenvalue weighted by atomic mass is 14.4. The van der Waals surface area contributed by atoms with Crippen LogP contribution in [0.15, 0.2) is 0 Å². The van der Waals surface area contributed by atoms with E-state index in [0.29, 0.717) is 0 Å². The van der Waals surface area contributed by atoms with Gasteiger partial charge in [-0.05, 0) is 37.0 Å². The molecule has 0 nitrogen and oxygen atoms in total. The first-order chi connectivity index (χ1) is 5.70. The first-order valence-electron chi connectivity index (χ1n) is 5.70. The van der Waals surface area contributed by atoms with Crippen molar-refractivity contribution in [2.24, 2.45) is 11.3 Å². The molecule has 1 aliphatic carbocycles. The van der Waals surface area contributed by atoms with E-state index in [1.54, 1.807) is 0 Å². The maximum Gasteiger partial charge on any atom is -0.0323 e. The Balaban J connectivity index is 2.31. The van der Waals surface area contributed by atoms with E-state index in [2.05, 4.69) is 20.8 Å². The highest BCUT2D eigenvalue weighted by Crippen LogP contribution is 2.45. The molecule has 12 heavy (non-hydrogen) atoms. The number of rotatable bonds is 4. The fourth-order valence-electron chi connectivity index (χ4n) is 2.63. The Morgan fingerprint density at radius 1 is 1.33 bits per heavy atom. The molecule has 0 aromatic heterocycles. The van der Waals surface area contributed by atoms with Gasteiger partial charge in [0.2, 0.25) is 0 Å². The molecule has 1 aliphatic rings. The molecule has 1 saturated carbocycles. The van der Waals surface area contributed by atoms with Crippen LogP contribution in [0.3, 0.4) is 0 Å². The fourth-order valence-corrected chi connectivity index (χ4v) is 2.63. The predicted molar refractivity (Wildman–Crippen MR) is 55.3 cm³/mol. The summed E-state index contributed by atoms with van der Waals surface area (Å²) in [7, 11) is 0. The molecule has 0 radical (unpaired) electrons. The van der Waals surface area contributed by atoms with Gasteiger partial charge >= 0.3 is 0 Å². The molecular formula is C12H24. The third kappa shape index (κ3) is 2.50. The van der Waals surface area contributed by atoms with E-state index in [-0.39, 0.29) is 0 Å². The minimum atomic E-state index is 0.719. The Morgan fingerprint density at radius 3 is 2.58 bits per heavy atom. The average molecular weight is 168 g/mol. The van der Waals surface area contributed by atoms with E-state index in [0.717, 1.165) is 11.3 Å². The zero-order valence-electron chi connectivity index (χ0n) is 9.03. The summed E-state index contributed by atoms with van der Waals surface area (Å²) in [5.74, 6) is 1.05. The van der Waals surface area contributed by atoms with Crippen LogP contribution in [0, 0.1) is 11.3 Å². The summed E-state index contributed by atoms with van der Waals surface area (Å²) in [6, 6.07) is 0. The van der Waals surface area contributed by atoms with E-state index >= 15 is 0 Å². The van der Waals surface area contributed by atoms with E-state index in [9.17, 15) is 0 Å². The Bertz CT molecular complexity index is 128. The van der Waals surface area contributed by atoms with E-state index in [1.807, 2.05) is 0 Å². The minimum Gasteiger partial charge on any atom is -0.0654 e. The molecule has 0 aromatic carbocycles. The maximum absolute atomic E-state index is 2.50. The maximum atomic E-state index is 2.50. The van der Waals surface area contributed by atoms with Gasteiger partial charge in [-0.3, -0.25) is 0 Å². The molecule has 0 spiro atoms. The van der Waals surface area contributed by atoms with Crippen LogP contribution in [0.4, 0.5) is 0 Å². The van der Waals surface area contributed by atoms with Crippen LogP contribution in [0.5, 0.6) is 0 Å². The van der Waals surface area contributed by atoms with E-state index < -0.39 is 0 Å². The molecule has 1 fully saturated rings. The third-order valence-electron chi connectivity index (χ3n) is 3.65. The van der Waals surface area contributed by atoms with Crippen LogP contribution >= 0.6 is 0 Å². The molecule has 2 unspecified atom stereocenters. The molecule has 0 N–H and O–H groups in total. The van der Waals surface area contributed by atoms with Crippen LogP contribution < -0.4 is 0 Å². The van der Waals surface area contributed by atoms with Gasteiger partial charge < -0.3 is 0 Å². The highest BCUT2D eigenvalue weighted by Gasteiger charge is 2.33. The molecule has 0 bridgehead atoms. The Labute approximate surface area is 77.7 Å². The molecule has 0 aromatic rings. The second-order valence-electron chi connectivity index (χ2n) is 4.93. The van der Waals surface area contributed by atoms with Gasteiger partial charge in [0, 0.05) is 0 Å². The summed E-state index contributed by atoms with van der Waals surface area (Å²) in [4.78, 5) is 0. The topological polar surface area (TPSA) is 0 Å². The lowest BCUT2D eigenvalue weighted by atomic mass is 9.82. The molecule has 1 rings (SSSR count). The van der Waals surface area contributed by atoms with E-state index in [1.165, 1.54) is 44.9 Å². The summed E-state index contributed by atoms with van der Waals surface area (Å²) in [5, 5.41) is 0. The van der Waals surface area contributed by atoms with Gasteiger partial charge in [-0.15, -0.1) is 0 Å². The van der Waals surface area contributed by atoms with Crippen molar-refractivity contribution in [2.75, 3.05) is 0 Å². The van der Waals surface area contributed by atoms with Crippen molar-refractivity contribution in [3.63, 3.8) is 0 Å². The predicted octanol–water partition coefficient (Wildman–Crippen LogP) is 4.39. The quantitative estimate of drug-likeness (QED) is 0.584. The monoisotopic (exact) mass is 168 g/mol. The number of unbranched alkanes of at least 4 members (excludes halogenated alkanes) is 1. The second-order valence-corrected chi connectivity index (χ2v) is 4.93. The summed E-state index contributed by atoms with van der Waals surface area (Å²) in [6.45, 7) is 7.14. The largest absolute Gasteiger partial charge is 0.0654 e. The number of hydrogen-bond acceptors (Lipinski definition) is 0. The molecule has 2 atom stereocenters. The SMILES string of the molecule is CCCCC1(C)CCC(CC)C1. The van der Waals surface area contributed by atoms with Crippen molar-refractivity contribution in [1.29, 1.82) is 0 Å². The number of hydrogen-bond donors (Lipinski definition) is 0. The van der Waals surface area contributed by atoms with Crippen LogP contribution in [0.2, 0.25) is 0 Å². The summed E-state index contributed by atoms with van der Waals surface area (Å²) >= 11 is 0. The lowest BCUT2D eigenvalue weighted by Gasteiger charge is -2.23. The van der Waals surface area contributed by atoms with Gasteiger partial charge in [-0.2, -0.15) is 0 Å². The molecular weight excluding hydrogens is 144 g/mol. The lowest BCUT2D eigenvalue weighted by Crippen LogP contribution is -2.11. The van der Waals surface area contributed by atoms with Gasteiger partial charge in [0.1, 0.15) is 0 Å². The summed E-state index contributed by atoms with van der Waals surface area (Å²) in [6.07, 6.45) is 10.2. The first-order valence-corrected chi connectivity index (χ1v) is 5.70. The Hall–Kier alpha value is 0. The van der Waals surface area contributed by atoms with Crippen LogP contribution in [0.1, 0.15) is 65.7 Å². The van der Waals surface area contributed by atoms with Crippen molar-refractivity contribution in [3.8, 4) is 0 Å². The Morgan fingerprint density at radius 2 is 2.08 bits per heavy atom. The van der Waals surface area contributed by atoms with Crippen molar-refractivity contribution < 1.29 is 0 Å². The van der Waals surface area contributed by atoms with Crippen LogP contribution in [0.25, 0.3) is 0 Å². The summed E-state index contributed by atoms with van der Waals surface area (Å²) in [5.41, 5.74) is 0.719. The molecule has 0 saturated heterocycles. The molecule has 0 heteroatoms. The van der Waals surface area contributed by atoms with Crippen molar-refractivity contribution >= 4 is 0 Å². The molecule has 72 valence electrons. The van der Waals surface area contributed by atoms with Crippen molar-refractivity contribution in [3.05, 3.63) is 0 Å². The highest BCUT2D eigenvalue weighted by molar-refractivity contribution is 4.84.